The second kappa shape index (κ2) is 9.52. The summed E-state index contributed by atoms with van der Waals surface area (Å²) in [6.07, 6.45) is 0. The van der Waals surface area contributed by atoms with Gasteiger partial charge >= 0.3 is 11.9 Å². The summed E-state index contributed by atoms with van der Waals surface area (Å²) in [5.74, 6) is -0.887. The van der Waals surface area contributed by atoms with E-state index in [0.29, 0.717) is 4.91 Å². The highest BCUT2D eigenvalue weighted by Crippen LogP contribution is 2.60. The first-order valence-electron chi connectivity index (χ1n) is 10.7. The van der Waals surface area contributed by atoms with Crippen molar-refractivity contribution in [1.82, 2.24) is 0 Å². The lowest BCUT2D eigenvalue weighted by Gasteiger charge is -2.41. The van der Waals surface area contributed by atoms with E-state index in [0.717, 1.165) is 22.6 Å². The molecule has 0 radical (unpaired) electrons. The molecule has 0 aromatic heterocycles. The molecule has 0 saturated carbocycles. The molecule has 2 aliphatic heterocycles. The number of ether oxygens (including phenoxy) is 2. The molecule has 0 bridgehead atoms. The third-order valence-corrected chi connectivity index (χ3v) is 7.99. The lowest BCUT2D eigenvalue weighted by molar-refractivity contribution is -0.137. The monoisotopic (exact) mass is 483 g/mol. The average Bonchev–Trinajstić information content (AvgIpc) is 3.33. The Bertz CT molecular complexity index is 1140. The quantitative estimate of drug-likeness (QED) is 0.527. The van der Waals surface area contributed by atoms with Crippen LogP contribution in [-0.2, 0) is 19.1 Å². The molecule has 1 atom stereocenters. The van der Waals surface area contributed by atoms with Gasteiger partial charge in [-0.1, -0.05) is 48.2 Å². The first kappa shape index (κ1) is 23.3. The highest BCUT2D eigenvalue weighted by molar-refractivity contribution is 8.29. The molecule has 0 unspecified atom stereocenters. The van der Waals surface area contributed by atoms with Crippen LogP contribution in [0.25, 0.3) is 0 Å². The van der Waals surface area contributed by atoms with Crippen molar-refractivity contribution in [3.05, 3.63) is 70.8 Å². The van der Waals surface area contributed by atoms with Crippen LogP contribution >= 0.6 is 23.5 Å². The van der Waals surface area contributed by atoms with E-state index in [4.69, 9.17) is 14.6 Å². The first-order valence-corrected chi connectivity index (χ1v) is 12.3. The fraction of sp³-hybridized carbons (Fsp3) is 0.292. The zero-order valence-electron chi connectivity index (χ0n) is 18.9. The summed E-state index contributed by atoms with van der Waals surface area (Å²) >= 11 is 2.60. The summed E-state index contributed by atoms with van der Waals surface area (Å²) in [6, 6.07) is 17.6. The summed E-state index contributed by atoms with van der Waals surface area (Å²) in [7, 11) is 0. The van der Waals surface area contributed by atoms with Crippen molar-refractivity contribution in [2.45, 2.75) is 32.0 Å². The van der Waals surface area contributed by atoms with Gasteiger partial charge in [0.2, 0.25) is 9.37 Å². The normalized spacial score (nSPS) is 19.8. The number of esters is 2. The maximum absolute atomic E-state index is 12.9. The SMILES string of the molecule is CCOC(=O)C1=NN(c2ccccc2C)[C@@]2(S1)SC(C(=O)OCC)=C(C)N2c1ccccc1. The van der Waals surface area contributed by atoms with Crippen LogP contribution in [0.3, 0.4) is 0 Å². The second-order valence-electron chi connectivity index (χ2n) is 7.28. The Morgan fingerprint density at radius 3 is 2.21 bits per heavy atom. The predicted molar refractivity (Wildman–Crippen MR) is 134 cm³/mol. The van der Waals surface area contributed by atoms with Crippen molar-refractivity contribution >= 4 is 51.9 Å². The zero-order valence-corrected chi connectivity index (χ0v) is 20.5. The van der Waals surface area contributed by atoms with Crippen molar-refractivity contribution in [2.75, 3.05) is 23.1 Å². The van der Waals surface area contributed by atoms with Gasteiger partial charge in [0.05, 0.1) is 18.9 Å². The van der Waals surface area contributed by atoms with E-state index in [1.165, 1.54) is 23.5 Å². The van der Waals surface area contributed by atoms with E-state index >= 15 is 0 Å². The molecule has 2 aliphatic rings. The van der Waals surface area contributed by atoms with Crippen LogP contribution < -0.4 is 9.91 Å². The number of benzene rings is 2. The van der Waals surface area contributed by atoms with Gasteiger partial charge in [-0.25, -0.2) is 14.6 Å². The highest BCUT2D eigenvalue weighted by atomic mass is 32.2. The van der Waals surface area contributed by atoms with E-state index in [-0.39, 0.29) is 18.3 Å². The van der Waals surface area contributed by atoms with Crippen molar-refractivity contribution in [2.24, 2.45) is 5.10 Å². The van der Waals surface area contributed by atoms with Crippen LogP contribution in [0.5, 0.6) is 0 Å². The van der Waals surface area contributed by atoms with E-state index in [1.54, 1.807) is 13.8 Å². The van der Waals surface area contributed by atoms with Crippen molar-refractivity contribution in [3.8, 4) is 0 Å². The molecule has 33 heavy (non-hydrogen) atoms. The number of thioether (sulfide) groups is 2. The van der Waals surface area contributed by atoms with Crippen molar-refractivity contribution in [1.29, 1.82) is 0 Å². The van der Waals surface area contributed by atoms with E-state index in [2.05, 4.69) is 0 Å². The fourth-order valence-corrected chi connectivity index (χ4v) is 6.65. The van der Waals surface area contributed by atoms with Gasteiger partial charge < -0.3 is 14.4 Å². The molecule has 2 heterocycles. The van der Waals surface area contributed by atoms with E-state index in [1.807, 2.05) is 78.4 Å². The number of nitrogens with zero attached hydrogens (tertiary/aromatic N) is 3. The molecule has 9 heteroatoms. The largest absolute Gasteiger partial charge is 0.462 e. The minimum Gasteiger partial charge on any atom is -0.462 e. The van der Waals surface area contributed by atoms with Crippen LogP contribution in [0.2, 0.25) is 0 Å². The minimum absolute atomic E-state index is 0.228. The Balaban J connectivity index is 1.90. The molecule has 0 fully saturated rings. The molecular weight excluding hydrogens is 458 g/mol. The topological polar surface area (TPSA) is 71.4 Å². The zero-order chi connectivity index (χ0) is 23.6. The second-order valence-corrected chi connectivity index (χ2v) is 9.88. The van der Waals surface area contributed by atoms with Crippen LogP contribution in [-0.4, -0.2) is 34.5 Å². The van der Waals surface area contributed by atoms with Crippen molar-refractivity contribution < 1.29 is 19.1 Å². The van der Waals surface area contributed by atoms with Gasteiger partial charge in [0.1, 0.15) is 4.91 Å². The molecule has 0 N–H and O–H groups in total. The molecule has 7 nitrogen and oxygen atoms in total. The van der Waals surface area contributed by atoms with Gasteiger partial charge in [-0.15, -0.1) is 0 Å². The number of carbonyl (C=O) groups is 2. The van der Waals surface area contributed by atoms with Gasteiger partial charge in [0, 0.05) is 11.4 Å². The van der Waals surface area contributed by atoms with Gasteiger partial charge in [-0.3, -0.25) is 0 Å². The molecule has 1 spiro atoms. The van der Waals surface area contributed by atoms with Gasteiger partial charge in [-0.05, 0) is 63.2 Å². The van der Waals surface area contributed by atoms with Crippen LogP contribution in [0.1, 0.15) is 26.3 Å². The number of allylic oxidation sites excluding steroid dienone is 1. The Labute approximate surface area is 201 Å². The van der Waals surface area contributed by atoms with E-state index < -0.39 is 16.3 Å². The van der Waals surface area contributed by atoms with Gasteiger partial charge in [-0.2, -0.15) is 5.10 Å². The third kappa shape index (κ3) is 4.11. The minimum atomic E-state index is -0.984. The number of carbonyl (C=O) groups excluding carboxylic acids is 2. The Kier molecular flexibility index (Phi) is 6.71. The summed E-state index contributed by atoms with van der Waals surface area (Å²) in [6.45, 7) is 7.94. The number of rotatable bonds is 6. The number of aryl methyl sites for hydroxylation is 1. The molecular formula is C24H25N3O4S2. The molecule has 172 valence electrons. The maximum atomic E-state index is 12.9. The van der Waals surface area contributed by atoms with Crippen LogP contribution in [0.4, 0.5) is 11.4 Å². The third-order valence-electron chi connectivity index (χ3n) is 5.14. The van der Waals surface area contributed by atoms with Crippen LogP contribution in [0.15, 0.2) is 70.3 Å². The van der Waals surface area contributed by atoms with Crippen molar-refractivity contribution in [3.63, 3.8) is 0 Å². The van der Waals surface area contributed by atoms with Crippen LogP contribution in [0, 0.1) is 6.92 Å². The molecule has 2 aromatic rings. The fourth-order valence-electron chi connectivity index (χ4n) is 3.72. The molecule has 2 aromatic carbocycles. The maximum Gasteiger partial charge on any atom is 0.365 e. The summed E-state index contributed by atoms with van der Waals surface area (Å²) in [4.78, 5) is 28.2. The summed E-state index contributed by atoms with van der Waals surface area (Å²) in [5, 5.41) is 6.76. The summed E-state index contributed by atoms with van der Waals surface area (Å²) in [5.41, 5.74) is 3.42. The number of para-hydroxylation sites is 2. The van der Waals surface area contributed by atoms with Gasteiger partial charge in [0.15, 0.2) is 0 Å². The predicted octanol–water partition coefficient (Wildman–Crippen LogP) is 5.08. The van der Waals surface area contributed by atoms with Gasteiger partial charge in [0.25, 0.3) is 0 Å². The lowest BCUT2D eigenvalue weighted by Crippen LogP contribution is -2.49. The Hall–Kier alpha value is -2.91. The summed E-state index contributed by atoms with van der Waals surface area (Å²) < 4.78 is 9.65. The average molecular weight is 484 g/mol. The number of hydrogen-bond donors (Lipinski definition) is 0. The number of hydrazone groups is 1. The molecule has 0 saturated heterocycles. The standard InChI is InChI=1S/C24H25N3O4S2/c1-5-30-22(28)20-17(4)26(18-13-8-7-9-14-18)24(32-20)27(19-15-11-10-12-16(19)3)25-21(33-24)23(29)31-6-2/h7-15H,5-6H2,1-4H3/t24-/m1/s1. The lowest BCUT2D eigenvalue weighted by atomic mass is 10.2. The highest BCUT2D eigenvalue weighted by Gasteiger charge is 2.58. The Morgan fingerprint density at radius 1 is 0.909 bits per heavy atom. The number of anilines is 2. The molecule has 4 rings (SSSR count). The van der Waals surface area contributed by atoms with E-state index in [9.17, 15) is 9.59 Å². The smallest absolute Gasteiger partial charge is 0.365 e. The number of hydrogen-bond acceptors (Lipinski definition) is 9. The molecule has 0 amide bonds. The Morgan fingerprint density at radius 2 is 1.55 bits per heavy atom. The first-order chi connectivity index (χ1) is 15.9. The molecule has 0 aliphatic carbocycles.